The summed E-state index contributed by atoms with van der Waals surface area (Å²) in [6, 6.07) is 7.99. The molecular formula is C13H11FO. The molecule has 0 aliphatic rings. The molecule has 2 heteroatoms. The molecule has 76 valence electrons. The van der Waals surface area contributed by atoms with Gasteiger partial charge in [-0.25, -0.2) is 4.39 Å². The monoisotopic (exact) mass is 202 g/mol. The van der Waals surface area contributed by atoms with E-state index in [1.165, 1.54) is 6.07 Å². The zero-order valence-electron chi connectivity index (χ0n) is 8.37. The molecule has 0 radical (unpaired) electrons. The molecule has 0 aliphatic carbocycles. The summed E-state index contributed by atoms with van der Waals surface area (Å²) in [5, 5.41) is 10.9. The van der Waals surface area contributed by atoms with Crippen molar-refractivity contribution in [3.05, 3.63) is 41.7 Å². The Labute approximate surface area is 88.2 Å². The van der Waals surface area contributed by atoms with E-state index >= 15 is 0 Å². The third-order valence-electron chi connectivity index (χ3n) is 2.21. The zero-order valence-corrected chi connectivity index (χ0v) is 8.37. The summed E-state index contributed by atoms with van der Waals surface area (Å²) in [5.74, 6) is -0.00306. The van der Waals surface area contributed by atoms with Crippen LogP contribution in [0.25, 0.3) is 10.8 Å². The van der Waals surface area contributed by atoms with E-state index < -0.39 is 0 Å². The number of aromatic hydroxyl groups is 1. The standard InChI is InChI=1S/C11H9FO.C2H2/c1-7-10-4-3-9(13)6-8(10)2-5-11(7)12;1-2/h2-6,13H,1H3;1-2H. The number of rotatable bonds is 0. The van der Waals surface area contributed by atoms with Crippen molar-refractivity contribution in [1.29, 1.82) is 0 Å². The highest BCUT2D eigenvalue weighted by Crippen LogP contribution is 2.24. The first-order valence-electron chi connectivity index (χ1n) is 4.39. The molecule has 0 aliphatic heterocycles. The van der Waals surface area contributed by atoms with E-state index in [1.807, 2.05) is 0 Å². The van der Waals surface area contributed by atoms with Gasteiger partial charge in [-0.15, -0.1) is 12.8 Å². The summed E-state index contributed by atoms with van der Waals surface area (Å²) in [7, 11) is 0. The van der Waals surface area contributed by atoms with E-state index in [0.29, 0.717) is 5.56 Å². The maximum Gasteiger partial charge on any atom is 0.126 e. The van der Waals surface area contributed by atoms with Gasteiger partial charge in [0.05, 0.1) is 0 Å². The number of hydrogen-bond donors (Lipinski definition) is 1. The first kappa shape index (κ1) is 11.1. The van der Waals surface area contributed by atoms with Crippen LogP contribution >= 0.6 is 0 Å². The molecule has 0 fully saturated rings. The first-order chi connectivity index (χ1) is 7.18. The van der Waals surface area contributed by atoms with Crippen LogP contribution in [0.5, 0.6) is 5.75 Å². The Hall–Kier alpha value is -2.01. The SMILES string of the molecule is C#C.Cc1c(F)ccc2cc(O)ccc12. The van der Waals surface area contributed by atoms with E-state index in [0.717, 1.165) is 10.8 Å². The van der Waals surface area contributed by atoms with Crippen LogP contribution in [0.3, 0.4) is 0 Å². The van der Waals surface area contributed by atoms with Crippen LogP contribution in [0.2, 0.25) is 0 Å². The average molecular weight is 202 g/mol. The van der Waals surface area contributed by atoms with Gasteiger partial charge >= 0.3 is 0 Å². The number of benzene rings is 2. The minimum absolute atomic E-state index is 0.207. The predicted molar refractivity (Wildman–Crippen MR) is 60.2 cm³/mol. The van der Waals surface area contributed by atoms with Gasteiger partial charge in [0.25, 0.3) is 0 Å². The van der Waals surface area contributed by atoms with Crippen molar-refractivity contribution in [2.75, 3.05) is 0 Å². The number of hydrogen-bond acceptors (Lipinski definition) is 1. The molecule has 2 aromatic rings. The molecule has 2 rings (SSSR count). The molecule has 0 aromatic heterocycles. The molecule has 0 unspecified atom stereocenters. The van der Waals surface area contributed by atoms with Crippen LogP contribution in [-0.4, -0.2) is 5.11 Å². The number of terminal acetylenes is 1. The molecule has 0 heterocycles. The molecule has 0 bridgehead atoms. The first-order valence-corrected chi connectivity index (χ1v) is 4.39. The highest BCUT2D eigenvalue weighted by atomic mass is 19.1. The highest BCUT2D eigenvalue weighted by Gasteiger charge is 2.02. The van der Waals surface area contributed by atoms with Gasteiger partial charge in [-0.2, -0.15) is 0 Å². The highest BCUT2D eigenvalue weighted by molar-refractivity contribution is 5.86. The number of fused-ring (bicyclic) bond motifs is 1. The fraction of sp³-hybridized carbons (Fsp3) is 0.0769. The van der Waals surface area contributed by atoms with Gasteiger partial charge < -0.3 is 5.11 Å². The van der Waals surface area contributed by atoms with Crippen molar-refractivity contribution in [1.82, 2.24) is 0 Å². The average Bonchev–Trinajstić information content (AvgIpc) is 2.26. The Balaban J connectivity index is 0.000000531. The summed E-state index contributed by atoms with van der Waals surface area (Å²) >= 11 is 0. The largest absolute Gasteiger partial charge is 0.508 e. The second-order valence-electron chi connectivity index (χ2n) is 3.08. The Morgan fingerprint density at radius 1 is 1.13 bits per heavy atom. The maximum atomic E-state index is 13.1. The van der Waals surface area contributed by atoms with Crippen molar-refractivity contribution in [3.63, 3.8) is 0 Å². The minimum Gasteiger partial charge on any atom is -0.508 e. The lowest BCUT2D eigenvalue weighted by atomic mass is 10.1. The maximum absolute atomic E-state index is 13.1. The molecular weight excluding hydrogens is 191 g/mol. The third kappa shape index (κ3) is 2.08. The quantitative estimate of drug-likeness (QED) is 0.650. The summed E-state index contributed by atoms with van der Waals surface area (Å²) < 4.78 is 13.1. The van der Waals surface area contributed by atoms with Crippen LogP contribution in [-0.2, 0) is 0 Å². The lowest BCUT2D eigenvalue weighted by Gasteiger charge is -2.03. The minimum atomic E-state index is -0.210. The predicted octanol–water partition coefficient (Wildman–Crippen LogP) is 3.24. The number of halogens is 1. The molecule has 15 heavy (non-hydrogen) atoms. The molecule has 1 N–H and O–H groups in total. The van der Waals surface area contributed by atoms with Crippen LogP contribution in [0.1, 0.15) is 5.56 Å². The molecule has 0 spiro atoms. The van der Waals surface area contributed by atoms with Crippen LogP contribution < -0.4 is 0 Å². The van der Waals surface area contributed by atoms with Crippen molar-refractivity contribution >= 4 is 10.8 Å². The van der Waals surface area contributed by atoms with Crippen molar-refractivity contribution in [3.8, 4) is 18.6 Å². The topological polar surface area (TPSA) is 20.2 Å². The van der Waals surface area contributed by atoms with Crippen LogP contribution in [0, 0.1) is 25.6 Å². The Kier molecular flexibility index (Phi) is 3.30. The molecule has 0 saturated carbocycles. The molecule has 1 nitrogen and oxygen atoms in total. The molecule has 0 atom stereocenters. The van der Waals surface area contributed by atoms with Gasteiger partial charge in [0.1, 0.15) is 11.6 Å². The summed E-state index contributed by atoms with van der Waals surface area (Å²) in [4.78, 5) is 0. The van der Waals surface area contributed by atoms with Crippen LogP contribution in [0.4, 0.5) is 4.39 Å². The Morgan fingerprint density at radius 2 is 1.80 bits per heavy atom. The van der Waals surface area contributed by atoms with E-state index in [2.05, 4.69) is 12.8 Å². The Bertz CT molecular complexity index is 500. The van der Waals surface area contributed by atoms with Crippen molar-refractivity contribution in [2.45, 2.75) is 6.92 Å². The smallest absolute Gasteiger partial charge is 0.126 e. The van der Waals surface area contributed by atoms with Gasteiger partial charge in [0.2, 0.25) is 0 Å². The molecule has 0 saturated heterocycles. The van der Waals surface area contributed by atoms with E-state index in [1.54, 1.807) is 31.2 Å². The van der Waals surface area contributed by atoms with Gasteiger partial charge in [0, 0.05) is 0 Å². The fourth-order valence-corrected chi connectivity index (χ4v) is 1.45. The van der Waals surface area contributed by atoms with Gasteiger partial charge in [-0.1, -0.05) is 12.1 Å². The van der Waals surface area contributed by atoms with Gasteiger partial charge in [-0.3, -0.25) is 0 Å². The second-order valence-corrected chi connectivity index (χ2v) is 3.08. The van der Waals surface area contributed by atoms with Gasteiger partial charge in [-0.05, 0) is 41.5 Å². The van der Waals surface area contributed by atoms with Crippen molar-refractivity contribution < 1.29 is 9.50 Å². The normalized spacial score (nSPS) is 9.33. The summed E-state index contributed by atoms with van der Waals surface area (Å²) in [6.07, 6.45) is 8.00. The lowest BCUT2D eigenvalue weighted by Crippen LogP contribution is -1.83. The zero-order chi connectivity index (χ0) is 11.4. The van der Waals surface area contributed by atoms with E-state index in [9.17, 15) is 9.50 Å². The number of aryl methyl sites for hydroxylation is 1. The molecule has 2 aromatic carbocycles. The van der Waals surface area contributed by atoms with E-state index in [4.69, 9.17) is 0 Å². The fourth-order valence-electron chi connectivity index (χ4n) is 1.45. The van der Waals surface area contributed by atoms with Crippen molar-refractivity contribution in [2.24, 2.45) is 0 Å². The Morgan fingerprint density at radius 3 is 2.47 bits per heavy atom. The van der Waals surface area contributed by atoms with Crippen LogP contribution in [0.15, 0.2) is 30.3 Å². The van der Waals surface area contributed by atoms with Gasteiger partial charge in [0.15, 0.2) is 0 Å². The second kappa shape index (κ2) is 4.47. The number of phenols is 1. The molecule has 0 amide bonds. The van der Waals surface area contributed by atoms with E-state index in [-0.39, 0.29) is 11.6 Å². The number of phenolic OH excluding ortho intramolecular Hbond substituents is 1. The summed E-state index contributed by atoms with van der Waals surface area (Å²) in [6.45, 7) is 1.73. The summed E-state index contributed by atoms with van der Waals surface area (Å²) in [5.41, 5.74) is 0.623. The lowest BCUT2D eigenvalue weighted by molar-refractivity contribution is 0.476. The third-order valence-corrected chi connectivity index (χ3v) is 2.21.